The molecule has 0 aromatic heterocycles. The first-order valence-corrected chi connectivity index (χ1v) is 17.3. The van der Waals surface area contributed by atoms with Crippen molar-refractivity contribution >= 4 is 59.0 Å². The monoisotopic (exact) mass is 720 g/mol. The topological polar surface area (TPSA) is 225 Å². The molecular formula is C33H48N6O10S. The zero-order valence-corrected chi connectivity index (χ0v) is 29.9. The summed E-state index contributed by atoms with van der Waals surface area (Å²) in [6.45, 7) is 7.26. The lowest BCUT2D eigenvalue weighted by atomic mass is 10.0. The molecular weight excluding hydrogens is 672 g/mol. The molecule has 7 amide bonds. The standard InChI is InChI=1S/C33H48N6O10S/c1-21(2)28(38-25(40)20-48-18-17-47-16-15-39-26(41)12-13-27(39)42)30(44)37-24(7-6-14-35-32(34)46)29(43)36-23-10-8-22(9-11-23)19-49-31(45)33(3,4)50-5/h8-13,21,24,28H,6-7,14-20H2,1-5H3,(H,36,43)(H,37,44)(H,38,40)(H3,34,35,46)/t24-,28-/m0/s1. The van der Waals surface area contributed by atoms with Crippen molar-refractivity contribution < 1.29 is 47.8 Å². The summed E-state index contributed by atoms with van der Waals surface area (Å²) in [5.74, 6) is -3.18. The number of carbonyl (C=O) groups is 7. The number of anilines is 1. The predicted octanol–water partition coefficient (Wildman–Crippen LogP) is 0.842. The molecule has 0 saturated carbocycles. The minimum Gasteiger partial charge on any atom is -0.460 e. The summed E-state index contributed by atoms with van der Waals surface area (Å²) in [6.07, 6.45) is 4.66. The molecule has 1 aromatic carbocycles. The number of nitrogens with two attached hydrogens (primary N) is 1. The third-order valence-electron chi connectivity index (χ3n) is 7.43. The van der Waals surface area contributed by atoms with Gasteiger partial charge in [-0.05, 0) is 56.6 Å². The van der Waals surface area contributed by atoms with Crippen LogP contribution in [-0.4, -0.2) is 109 Å². The summed E-state index contributed by atoms with van der Waals surface area (Å²) in [5, 5.41) is 10.6. The quantitative estimate of drug-likeness (QED) is 0.0641. The van der Waals surface area contributed by atoms with E-state index in [0.29, 0.717) is 17.7 Å². The Balaban J connectivity index is 1.90. The maximum Gasteiger partial charge on any atom is 0.321 e. The van der Waals surface area contributed by atoms with Crippen LogP contribution in [0.1, 0.15) is 46.1 Å². The van der Waals surface area contributed by atoms with Crippen molar-refractivity contribution in [3.63, 3.8) is 0 Å². The summed E-state index contributed by atoms with van der Waals surface area (Å²) in [4.78, 5) is 86.8. The molecule has 0 fully saturated rings. The van der Waals surface area contributed by atoms with Crippen LogP contribution in [0.4, 0.5) is 10.5 Å². The second kappa shape index (κ2) is 20.9. The van der Waals surface area contributed by atoms with Crippen LogP contribution >= 0.6 is 11.8 Å². The molecule has 0 unspecified atom stereocenters. The van der Waals surface area contributed by atoms with Crippen LogP contribution in [0.3, 0.4) is 0 Å². The first-order chi connectivity index (χ1) is 23.6. The van der Waals surface area contributed by atoms with E-state index >= 15 is 0 Å². The van der Waals surface area contributed by atoms with Crippen LogP contribution in [0.15, 0.2) is 36.4 Å². The number of esters is 1. The number of hydrogen-bond acceptors (Lipinski definition) is 11. The molecule has 1 aromatic rings. The Morgan fingerprint density at radius 2 is 1.56 bits per heavy atom. The van der Waals surface area contributed by atoms with Crippen molar-refractivity contribution in [2.45, 2.75) is 64.0 Å². The predicted molar refractivity (Wildman–Crippen MR) is 185 cm³/mol. The van der Waals surface area contributed by atoms with Crippen molar-refractivity contribution in [3.05, 3.63) is 42.0 Å². The second-order valence-corrected chi connectivity index (χ2v) is 13.5. The zero-order valence-electron chi connectivity index (χ0n) is 29.1. The molecule has 0 aliphatic carbocycles. The van der Waals surface area contributed by atoms with E-state index in [9.17, 15) is 33.6 Å². The number of thioether (sulfide) groups is 1. The van der Waals surface area contributed by atoms with E-state index < -0.39 is 52.4 Å². The van der Waals surface area contributed by atoms with Gasteiger partial charge in [0.1, 0.15) is 30.0 Å². The minimum absolute atomic E-state index is 0.0516. The van der Waals surface area contributed by atoms with Gasteiger partial charge < -0.3 is 41.2 Å². The lowest BCUT2D eigenvalue weighted by Crippen LogP contribution is -2.55. The molecule has 276 valence electrons. The van der Waals surface area contributed by atoms with Gasteiger partial charge in [-0.2, -0.15) is 0 Å². The first-order valence-electron chi connectivity index (χ1n) is 16.1. The summed E-state index contributed by atoms with van der Waals surface area (Å²) in [6, 6.07) is 3.95. The maximum atomic E-state index is 13.3. The molecule has 1 heterocycles. The highest BCUT2D eigenvalue weighted by molar-refractivity contribution is 8.00. The van der Waals surface area contributed by atoms with Gasteiger partial charge in [-0.3, -0.25) is 33.7 Å². The molecule has 16 nitrogen and oxygen atoms in total. The Bertz CT molecular complexity index is 1370. The summed E-state index contributed by atoms with van der Waals surface area (Å²) in [5.41, 5.74) is 6.29. The summed E-state index contributed by atoms with van der Waals surface area (Å²) < 4.78 is 15.4. The Morgan fingerprint density at radius 3 is 2.16 bits per heavy atom. The first kappa shape index (κ1) is 41.7. The number of ether oxygens (including phenoxy) is 3. The van der Waals surface area contributed by atoms with E-state index in [-0.39, 0.29) is 64.4 Å². The number of nitrogens with one attached hydrogen (secondary N) is 4. The van der Waals surface area contributed by atoms with Gasteiger partial charge in [0.25, 0.3) is 11.8 Å². The van der Waals surface area contributed by atoms with Gasteiger partial charge in [0, 0.05) is 24.4 Å². The number of benzene rings is 1. The van der Waals surface area contributed by atoms with E-state index in [2.05, 4.69) is 21.3 Å². The van der Waals surface area contributed by atoms with Gasteiger partial charge in [-0.25, -0.2) is 4.79 Å². The van der Waals surface area contributed by atoms with Gasteiger partial charge in [0.05, 0.1) is 26.4 Å². The Hall–Kier alpha value is -4.48. The van der Waals surface area contributed by atoms with Crippen LogP contribution in [0.5, 0.6) is 0 Å². The number of imide groups is 1. The molecule has 0 saturated heterocycles. The molecule has 0 radical (unpaired) electrons. The van der Waals surface area contributed by atoms with Crippen molar-refractivity contribution in [1.29, 1.82) is 0 Å². The number of carbonyl (C=O) groups excluding carboxylic acids is 7. The average molecular weight is 721 g/mol. The number of primary amides is 1. The smallest absolute Gasteiger partial charge is 0.321 e. The van der Waals surface area contributed by atoms with Gasteiger partial charge in [0.2, 0.25) is 17.7 Å². The van der Waals surface area contributed by atoms with Gasteiger partial charge in [-0.1, -0.05) is 26.0 Å². The molecule has 0 spiro atoms. The Labute approximate surface area is 295 Å². The molecule has 1 aliphatic heterocycles. The summed E-state index contributed by atoms with van der Waals surface area (Å²) in [7, 11) is 0. The number of nitrogens with zero attached hydrogens (tertiary/aromatic N) is 1. The largest absolute Gasteiger partial charge is 0.460 e. The van der Waals surface area contributed by atoms with E-state index in [1.807, 2.05) is 6.26 Å². The molecule has 17 heteroatoms. The number of amides is 7. The van der Waals surface area contributed by atoms with Gasteiger partial charge in [-0.15, -0.1) is 11.8 Å². The number of hydrogen-bond donors (Lipinski definition) is 5. The molecule has 6 N–H and O–H groups in total. The normalized spacial score (nSPS) is 13.9. The van der Waals surface area contributed by atoms with Crippen LogP contribution in [0, 0.1) is 5.92 Å². The van der Waals surface area contributed by atoms with E-state index in [4.69, 9.17) is 19.9 Å². The fourth-order valence-electron chi connectivity index (χ4n) is 4.31. The fraction of sp³-hybridized carbons (Fsp3) is 0.545. The van der Waals surface area contributed by atoms with Crippen LogP contribution in [0.25, 0.3) is 0 Å². The molecule has 1 aliphatic rings. The van der Waals surface area contributed by atoms with E-state index in [1.165, 1.54) is 23.9 Å². The zero-order chi connectivity index (χ0) is 37.3. The number of rotatable bonds is 22. The molecule has 50 heavy (non-hydrogen) atoms. The van der Waals surface area contributed by atoms with Gasteiger partial charge >= 0.3 is 12.0 Å². The minimum atomic E-state index is -1.03. The third kappa shape index (κ3) is 14.6. The van der Waals surface area contributed by atoms with Crippen molar-refractivity contribution in [1.82, 2.24) is 20.9 Å². The third-order valence-corrected chi connectivity index (χ3v) is 8.61. The van der Waals surface area contributed by atoms with Crippen LogP contribution in [0.2, 0.25) is 0 Å². The molecule has 2 atom stereocenters. The molecule has 2 rings (SSSR count). The SMILES string of the molecule is CSC(C)(C)C(=O)OCc1ccc(NC(=O)[C@H](CCCNC(N)=O)NC(=O)[C@@H](NC(=O)COCCOCCN2C(=O)C=CC2=O)C(C)C)cc1. The van der Waals surface area contributed by atoms with Crippen LogP contribution < -0.4 is 27.0 Å². The molecule has 0 bridgehead atoms. The average Bonchev–Trinajstić information content (AvgIpc) is 3.39. The van der Waals surface area contributed by atoms with Gasteiger partial charge in [0.15, 0.2) is 0 Å². The fourth-order valence-corrected chi connectivity index (χ4v) is 4.54. The highest BCUT2D eigenvalue weighted by Crippen LogP contribution is 2.23. The summed E-state index contributed by atoms with van der Waals surface area (Å²) >= 11 is 1.38. The van der Waals surface area contributed by atoms with E-state index in [1.54, 1.807) is 52.0 Å². The van der Waals surface area contributed by atoms with Crippen molar-refractivity contribution in [2.75, 3.05) is 51.1 Å². The number of urea groups is 1. The van der Waals surface area contributed by atoms with Crippen molar-refractivity contribution in [3.8, 4) is 0 Å². The highest BCUT2D eigenvalue weighted by Gasteiger charge is 2.30. The lowest BCUT2D eigenvalue weighted by molar-refractivity contribution is -0.147. The van der Waals surface area contributed by atoms with E-state index in [0.717, 1.165) is 4.90 Å². The Kier molecular flexibility index (Phi) is 17.4. The maximum absolute atomic E-state index is 13.3. The van der Waals surface area contributed by atoms with Crippen LogP contribution in [-0.2, 0) is 49.6 Å². The highest BCUT2D eigenvalue weighted by atomic mass is 32.2. The second-order valence-electron chi connectivity index (χ2n) is 12.1. The lowest BCUT2D eigenvalue weighted by Gasteiger charge is -2.25. The Morgan fingerprint density at radius 1 is 0.920 bits per heavy atom. The van der Waals surface area contributed by atoms with Crippen molar-refractivity contribution in [2.24, 2.45) is 11.7 Å².